The number of hydrogen-bond acceptors (Lipinski definition) is 5. The van der Waals surface area contributed by atoms with Crippen LogP contribution in [0.15, 0.2) is 81.4 Å². The first-order valence-corrected chi connectivity index (χ1v) is 15.8. The Kier molecular flexibility index (Phi) is 7.18. The van der Waals surface area contributed by atoms with Gasteiger partial charge in [0.15, 0.2) is 0 Å². The summed E-state index contributed by atoms with van der Waals surface area (Å²) in [4.78, 5) is 32.9. The Morgan fingerprint density at radius 1 is 1.07 bits per heavy atom. The molecule has 1 N–H and O–H groups in total. The average molecular weight is 610 g/mol. The van der Waals surface area contributed by atoms with Crippen molar-refractivity contribution in [1.82, 2.24) is 14.7 Å². The molecule has 2 bridgehead atoms. The predicted molar refractivity (Wildman–Crippen MR) is 158 cm³/mol. The lowest BCUT2D eigenvalue weighted by atomic mass is 9.78. The van der Waals surface area contributed by atoms with E-state index in [1.165, 1.54) is 6.08 Å². The minimum absolute atomic E-state index is 0.0228. The molecule has 4 atom stereocenters. The lowest BCUT2D eigenvalue weighted by Gasteiger charge is -2.41. The van der Waals surface area contributed by atoms with E-state index in [9.17, 15) is 27.9 Å². The quantitative estimate of drug-likeness (QED) is 0.446. The number of likely N-dealkylation sites (N-methyl/N-ethyl adjacent to an activating group) is 1. The van der Waals surface area contributed by atoms with E-state index < -0.39 is 18.4 Å². The molecule has 0 aromatic heterocycles. The first-order valence-electron chi connectivity index (χ1n) is 15.8. The predicted octanol–water partition coefficient (Wildman–Crippen LogP) is 5.62. The first-order chi connectivity index (χ1) is 21.0. The Hall–Kier alpha value is -3.53. The summed E-state index contributed by atoms with van der Waals surface area (Å²) in [5.41, 5.74) is 4.46. The summed E-state index contributed by atoms with van der Waals surface area (Å²) in [5, 5.41) is 9.89. The second-order valence-corrected chi connectivity index (χ2v) is 13.3. The van der Waals surface area contributed by atoms with Crippen molar-refractivity contribution < 1.29 is 32.6 Å². The standard InChI is InChI=1S/C34H38F3N3O4/c1-19-13-23-17-38(2)18-28(19)40(23)32(41)22-14-26-24(9-6-10-29(26)44-34(35,36)37)31-30(20-7-4-3-5-8-20)25-12-11-21(33(42)43)15-27(25)39(31)16-22/h6,10-12,14-15,19-20,23,27-28H,3-5,7-9,13,16-18H2,1-2H3,(H,42,43)/t19-,23?,27?,28?/m1/s1. The molecule has 44 heavy (non-hydrogen) atoms. The van der Waals surface area contributed by atoms with Crippen LogP contribution in [0.25, 0.3) is 0 Å². The van der Waals surface area contributed by atoms with Gasteiger partial charge in [-0.25, -0.2) is 4.79 Å². The zero-order valence-electron chi connectivity index (χ0n) is 25.1. The monoisotopic (exact) mass is 609 g/mol. The number of alkyl halides is 3. The van der Waals surface area contributed by atoms with Crippen LogP contribution in [0.5, 0.6) is 0 Å². The number of piperazine rings is 1. The van der Waals surface area contributed by atoms with Gasteiger partial charge in [-0.1, -0.05) is 38.3 Å². The minimum atomic E-state index is -4.90. The van der Waals surface area contributed by atoms with E-state index in [2.05, 4.69) is 28.5 Å². The number of ether oxygens (including phenoxy) is 1. The summed E-state index contributed by atoms with van der Waals surface area (Å²) in [6.07, 6.45) is 11.5. The van der Waals surface area contributed by atoms with Crippen LogP contribution in [0.4, 0.5) is 13.2 Å². The van der Waals surface area contributed by atoms with Crippen molar-refractivity contribution in [2.75, 3.05) is 26.7 Å². The average Bonchev–Trinajstić information content (AvgIpc) is 3.31. The number of allylic oxidation sites excluding steroid dienone is 6. The largest absolute Gasteiger partial charge is 0.573 e. The highest BCUT2D eigenvalue weighted by atomic mass is 19.4. The molecule has 0 aromatic rings. The Bertz CT molecular complexity index is 1510. The van der Waals surface area contributed by atoms with Crippen molar-refractivity contribution in [3.8, 4) is 0 Å². The number of carboxylic acids is 1. The zero-order chi connectivity index (χ0) is 30.9. The molecule has 7 nitrogen and oxygen atoms in total. The number of hydrogen-bond donors (Lipinski definition) is 1. The van der Waals surface area contributed by atoms with Gasteiger partial charge in [0.25, 0.3) is 5.91 Å². The van der Waals surface area contributed by atoms with Gasteiger partial charge in [-0.15, -0.1) is 13.2 Å². The van der Waals surface area contributed by atoms with Crippen molar-refractivity contribution in [3.63, 3.8) is 0 Å². The summed E-state index contributed by atoms with van der Waals surface area (Å²) < 4.78 is 45.8. The number of fused-ring (bicyclic) bond motifs is 6. The van der Waals surface area contributed by atoms with Crippen LogP contribution in [-0.4, -0.2) is 82.9 Å². The normalized spacial score (nSPS) is 30.7. The van der Waals surface area contributed by atoms with E-state index in [1.807, 2.05) is 11.0 Å². The summed E-state index contributed by atoms with van der Waals surface area (Å²) in [7, 11) is 2.06. The van der Waals surface area contributed by atoms with E-state index in [0.717, 1.165) is 68.5 Å². The minimum Gasteiger partial charge on any atom is -0.478 e. The van der Waals surface area contributed by atoms with Gasteiger partial charge < -0.3 is 24.5 Å². The molecule has 0 spiro atoms. The third-order valence-electron chi connectivity index (χ3n) is 10.5. The van der Waals surface area contributed by atoms with E-state index in [1.54, 1.807) is 24.3 Å². The number of nitrogens with zero attached hydrogens (tertiary/aromatic N) is 3. The zero-order valence-corrected chi connectivity index (χ0v) is 25.1. The van der Waals surface area contributed by atoms with E-state index >= 15 is 0 Å². The number of aliphatic carboxylic acids is 1. The molecule has 234 valence electrons. The van der Waals surface area contributed by atoms with E-state index in [4.69, 9.17) is 0 Å². The Labute approximate surface area is 255 Å². The molecule has 4 heterocycles. The highest BCUT2D eigenvalue weighted by Crippen LogP contribution is 2.51. The van der Waals surface area contributed by atoms with Gasteiger partial charge in [0, 0.05) is 48.6 Å². The maximum Gasteiger partial charge on any atom is 0.573 e. The lowest BCUT2D eigenvalue weighted by Crippen LogP contribution is -2.56. The van der Waals surface area contributed by atoms with Crippen LogP contribution in [0.2, 0.25) is 0 Å². The smallest absolute Gasteiger partial charge is 0.478 e. The van der Waals surface area contributed by atoms with Crippen LogP contribution < -0.4 is 0 Å². The molecule has 1 saturated carbocycles. The maximum absolute atomic E-state index is 14.5. The molecule has 7 aliphatic rings. The van der Waals surface area contributed by atoms with Gasteiger partial charge in [0.1, 0.15) is 5.76 Å². The van der Waals surface area contributed by atoms with Crippen molar-refractivity contribution in [2.45, 2.75) is 76.4 Å². The molecule has 3 unspecified atom stereocenters. The van der Waals surface area contributed by atoms with Crippen LogP contribution in [0, 0.1) is 11.8 Å². The Morgan fingerprint density at radius 2 is 1.84 bits per heavy atom. The number of carbonyl (C=O) groups is 2. The molecule has 1 amide bonds. The SMILES string of the molecule is C[C@@H]1CC2CN(C)CC1N2C(=O)C1=CC2=C(OC(F)(F)F)C=CCC2=C2C(C3CCCCC3)=C3C=CC(C(=O)O)=CC3N2C1. The fourth-order valence-electron chi connectivity index (χ4n) is 8.68. The molecule has 2 saturated heterocycles. The fourth-order valence-corrected chi connectivity index (χ4v) is 8.68. The number of carboxylic acid groups (broad SMARTS) is 1. The van der Waals surface area contributed by atoms with Gasteiger partial charge in [0.2, 0.25) is 0 Å². The number of carbonyl (C=O) groups excluding carboxylic acids is 1. The number of amides is 1. The van der Waals surface area contributed by atoms with Crippen LogP contribution in [-0.2, 0) is 14.3 Å². The molecule has 7 rings (SSSR count). The highest BCUT2D eigenvalue weighted by Gasteiger charge is 2.49. The first kappa shape index (κ1) is 29.2. The summed E-state index contributed by atoms with van der Waals surface area (Å²) in [5.74, 6) is -0.995. The van der Waals surface area contributed by atoms with Crippen LogP contribution in [0.3, 0.4) is 0 Å². The molecular formula is C34H38F3N3O4. The molecule has 0 aromatic carbocycles. The Balaban J connectivity index is 1.40. The van der Waals surface area contributed by atoms with Gasteiger partial charge >= 0.3 is 12.3 Å². The lowest BCUT2D eigenvalue weighted by molar-refractivity contribution is -0.303. The van der Waals surface area contributed by atoms with Crippen molar-refractivity contribution >= 4 is 11.9 Å². The van der Waals surface area contributed by atoms with Gasteiger partial charge in [-0.2, -0.15) is 0 Å². The second kappa shape index (κ2) is 10.8. The van der Waals surface area contributed by atoms with E-state index in [0.29, 0.717) is 29.1 Å². The third kappa shape index (κ3) is 4.95. The van der Waals surface area contributed by atoms with Crippen LogP contribution >= 0.6 is 0 Å². The van der Waals surface area contributed by atoms with Gasteiger partial charge in [0.05, 0.1) is 11.6 Å². The van der Waals surface area contributed by atoms with Crippen LogP contribution in [0.1, 0.15) is 51.9 Å². The van der Waals surface area contributed by atoms with Crippen molar-refractivity contribution in [2.24, 2.45) is 11.8 Å². The molecule has 10 heteroatoms. The fraction of sp³-hybridized carbons (Fsp3) is 0.529. The van der Waals surface area contributed by atoms with Crippen molar-refractivity contribution in [1.29, 1.82) is 0 Å². The maximum atomic E-state index is 14.5. The summed E-state index contributed by atoms with van der Waals surface area (Å²) in [6.45, 7) is 3.83. The summed E-state index contributed by atoms with van der Waals surface area (Å²) >= 11 is 0. The molecule has 0 radical (unpaired) electrons. The van der Waals surface area contributed by atoms with Crippen molar-refractivity contribution in [3.05, 3.63) is 81.4 Å². The second-order valence-electron chi connectivity index (χ2n) is 13.3. The van der Waals surface area contributed by atoms with E-state index in [-0.39, 0.29) is 41.8 Å². The van der Waals surface area contributed by atoms with Gasteiger partial charge in [-0.3, -0.25) is 4.79 Å². The molecule has 4 aliphatic heterocycles. The molecular weight excluding hydrogens is 571 g/mol. The molecule has 3 aliphatic carbocycles. The molecule has 3 fully saturated rings. The number of likely N-dealkylation sites (tertiary alicyclic amines) is 1. The summed E-state index contributed by atoms with van der Waals surface area (Å²) in [6, 6.07) is -0.374. The third-order valence-corrected chi connectivity index (χ3v) is 10.5. The topological polar surface area (TPSA) is 73.3 Å². The number of halogens is 3. The highest BCUT2D eigenvalue weighted by molar-refractivity contribution is 5.96. The number of rotatable bonds is 4. The Morgan fingerprint density at radius 3 is 2.55 bits per heavy atom. The van der Waals surface area contributed by atoms with Gasteiger partial charge in [-0.05, 0) is 85.6 Å².